The minimum Gasteiger partial charge on any atom is -0.388 e. The maximum Gasteiger partial charge on any atom is 0.0816 e. The minimum absolute atomic E-state index is 0.550. The van der Waals surface area contributed by atoms with E-state index < -0.39 is 6.10 Å². The molecule has 1 aromatic heterocycles. The Labute approximate surface area is 138 Å². The Morgan fingerprint density at radius 3 is 2.67 bits per heavy atom. The number of benzene rings is 1. The van der Waals surface area contributed by atoms with Gasteiger partial charge in [-0.25, -0.2) is 0 Å². The molecule has 1 aromatic carbocycles. The second kappa shape index (κ2) is 7.90. The maximum atomic E-state index is 10.3. The lowest BCUT2D eigenvalue weighted by Gasteiger charge is -2.19. The van der Waals surface area contributed by atoms with Crippen LogP contribution in [0.25, 0.3) is 0 Å². The number of aliphatic hydroxyl groups excluding tert-OH is 1. The quantitative estimate of drug-likeness (QED) is 0.834. The highest BCUT2D eigenvalue weighted by Crippen LogP contribution is 2.28. The fourth-order valence-electron chi connectivity index (χ4n) is 2.15. The van der Waals surface area contributed by atoms with E-state index in [9.17, 15) is 5.11 Å². The monoisotopic (exact) mass is 368 g/mol. The van der Waals surface area contributed by atoms with Crippen molar-refractivity contribution in [2.45, 2.75) is 19.1 Å². The van der Waals surface area contributed by atoms with Crippen molar-refractivity contribution in [3.05, 3.63) is 63.3 Å². The van der Waals surface area contributed by atoms with Gasteiger partial charge >= 0.3 is 0 Å². The number of hydrogen-bond donors (Lipinski definition) is 1. The zero-order chi connectivity index (χ0) is 15.2. The van der Waals surface area contributed by atoms with E-state index in [-0.39, 0.29) is 0 Å². The van der Waals surface area contributed by atoms with Crippen LogP contribution in [0.4, 0.5) is 0 Å². The normalized spacial score (nSPS) is 12.6. The largest absolute Gasteiger partial charge is 0.388 e. The van der Waals surface area contributed by atoms with Crippen LogP contribution in [0.15, 0.2) is 47.2 Å². The smallest absolute Gasteiger partial charge is 0.0816 e. The van der Waals surface area contributed by atoms with E-state index in [1.807, 2.05) is 31.3 Å². The van der Waals surface area contributed by atoms with Gasteiger partial charge in [-0.1, -0.05) is 33.6 Å². The number of halogens is 2. The molecule has 3 nitrogen and oxygen atoms in total. The number of aromatic nitrogens is 1. The van der Waals surface area contributed by atoms with Crippen molar-refractivity contribution < 1.29 is 5.11 Å². The van der Waals surface area contributed by atoms with Crippen LogP contribution in [0.2, 0.25) is 5.02 Å². The highest BCUT2D eigenvalue weighted by molar-refractivity contribution is 9.10. The predicted octanol–water partition coefficient (Wildman–Crippen LogP) is 4.05. The maximum absolute atomic E-state index is 10.3. The van der Waals surface area contributed by atoms with E-state index in [4.69, 9.17) is 11.6 Å². The molecule has 2 rings (SSSR count). The second-order valence-electron chi connectivity index (χ2n) is 5.06. The number of nitrogens with zero attached hydrogens (tertiary/aromatic N) is 2. The van der Waals surface area contributed by atoms with Crippen molar-refractivity contribution in [2.75, 3.05) is 13.6 Å². The molecule has 0 aliphatic carbocycles. The third kappa shape index (κ3) is 5.08. The van der Waals surface area contributed by atoms with Gasteiger partial charge in [-0.3, -0.25) is 4.98 Å². The first-order chi connectivity index (χ1) is 10.1. The molecule has 0 bridgehead atoms. The lowest BCUT2D eigenvalue weighted by atomic mass is 10.1. The van der Waals surface area contributed by atoms with Crippen molar-refractivity contribution in [2.24, 2.45) is 0 Å². The molecule has 0 saturated carbocycles. The van der Waals surface area contributed by atoms with Gasteiger partial charge in [0.05, 0.1) is 6.10 Å². The van der Waals surface area contributed by atoms with Gasteiger partial charge in [-0.15, -0.1) is 0 Å². The Kier molecular flexibility index (Phi) is 6.18. The molecule has 0 radical (unpaired) electrons. The molecule has 1 atom stereocenters. The minimum atomic E-state index is -0.550. The molecular formula is C16H18BrClN2O. The molecule has 2 aromatic rings. The van der Waals surface area contributed by atoms with Crippen molar-refractivity contribution in [1.82, 2.24) is 9.88 Å². The fourth-order valence-corrected chi connectivity index (χ4v) is 2.95. The number of hydrogen-bond acceptors (Lipinski definition) is 3. The van der Waals surface area contributed by atoms with Crippen molar-refractivity contribution in [3.8, 4) is 0 Å². The average molecular weight is 370 g/mol. The van der Waals surface area contributed by atoms with Gasteiger partial charge in [0.15, 0.2) is 0 Å². The molecule has 1 N–H and O–H groups in total. The second-order valence-corrected chi connectivity index (χ2v) is 6.39. The average Bonchev–Trinajstić information content (AvgIpc) is 2.46. The zero-order valence-corrected chi connectivity index (χ0v) is 14.2. The van der Waals surface area contributed by atoms with Gasteiger partial charge in [-0.2, -0.15) is 0 Å². The first-order valence-corrected chi connectivity index (χ1v) is 7.94. The number of aliphatic hydroxyl groups is 1. The summed E-state index contributed by atoms with van der Waals surface area (Å²) in [4.78, 5) is 6.18. The number of pyridine rings is 1. The Bertz CT molecular complexity index is 580. The van der Waals surface area contributed by atoms with Crippen LogP contribution >= 0.6 is 27.5 Å². The van der Waals surface area contributed by atoms with Gasteiger partial charge in [-0.05, 0) is 48.9 Å². The highest BCUT2D eigenvalue weighted by atomic mass is 79.9. The third-order valence-electron chi connectivity index (χ3n) is 3.31. The van der Waals surface area contributed by atoms with E-state index in [0.717, 1.165) is 23.1 Å². The van der Waals surface area contributed by atoms with Crippen LogP contribution in [0.3, 0.4) is 0 Å². The molecule has 112 valence electrons. The topological polar surface area (TPSA) is 36.4 Å². The van der Waals surface area contributed by atoms with Gasteiger partial charge < -0.3 is 10.0 Å². The molecule has 0 aliphatic heterocycles. The van der Waals surface area contributed by atoms with E-state index in [1.54, 1.807) is 18.5 Å². The number of rotatable bonds is 6. The Morgan fingerprint density at radius 2 is 2.00 bits per heavy atom. The Balaban J connectivity index is 1.87. The first kappa shape index (κ1) is 16.4. The summed E-state index contributed by atoms with van der Waals surface area (Å²) >= 11 is 9.52. The zero-order valence-electron chi connectivity index (χ0n) is 11.8. The molecule has 1 heterocycles. The van der Waals surface area contributed by atoms with E-state index in [0.29, 0.717) is 11.4 Å². The van der Waals surface area contributed by atoms with Crippen LogP contribution in [0.1, 0.15) is 23.7 Å². The molecular weight excluding hydrogens is 352 g/mol. The molecule has 0 saturated heterocycles. The highest BCUT2D eigenvalue weighted by Gasteiger charge is 2.13. The molecule has 0 spiro atoms. The molecule has 0 amide bonds. The van der Waals surface area contributed by atoms with Crippen LogP contribution in [0, 0.1) is 0 Å². The fraction of sp³-hybridized carbons (Fsp3) is 0.312. The Hall–Kier alpha value is -0.940. The first-order valence-electron chi connectivity index (χ1n) is 6.76. The van der Waals surface area contributed by atoms with E-state index in [1.165, 1.54) is 5.56 Å². The van der Waals surface area contributed by atoms with Gasteiger partial charge in [0.2, 0.25) is 0 Å². The van der Waals surface area contributed by atoms with Crippen molar-refractivity contribution in [3.63, 3.8) is 0 Å². The van der Waals surface area contributed by atoms with Crippen LogP contribution in [-0.4, -0.2) is 28.6 Å². The summed E-state index contributed by atoms with van der Waals surface area (Å²) in [6, 6.07) is 9.56. The van der Waals surface area contributed by atoms with Crippen LogP contribution < -0.4 is 0 Å². The van der Waals surface area contributed by atoms with Crippen LogP contribution in [-0.2, 0) is 6.54 Å². The van der Waals surface area contributed by atoms with Gasteiger partial charge in [0.25, 0.3) is 0 Å². The lowest BCUT2D eigenvalue weighted by Crippen LogP contribution is -2.21. The summed E-state index contributed by atoms with van der Waals surface area (Å²) in [7, 11) is 2.04. The summed E-state index contributed by atoms with van der Waals surface area (Å²) in [5.41, 5.74) is 1.99. The van der Waals surface area contributed by atoms with E-state index >= 15 is 0 Å². The molecule has 1 unspecified atom stereocenters. The van der Waals surface area contributed by atoms with Gasteiger partial charge in [0.1, 0.15) is 0 Å². The van der Waals surface area contributed by atoms with Crippen molar-refractivity contribution >= 4 is 27.5 Å². The third-order valence-corrected chi connectivity index (χ3v) is 4.13. The van der Waals surface area contributed by atoms with Crippen LogP contribution in [0.5, 0.6) is 0 Å². The summed E-state index contributed by atoms with van der Waals surface area (Å²) in [6.07, 6.45) is 3.67. The van der Waals surface area contributed by atoms with Gasteiger partial charge in [0, 0.05) is 35.0 Å². The molecule has 21 heavy (non-hydrogen) atoms. The summed E-state index contributed by atoms with van der Waals surface area (Å²) in [5, 5.41) is 10.9. The summed E-state index contributed by atoms with van der Waals surface area (Å²) in [5.74, 6) is 0. The predicted molar refractivity (Wildman–Crippen MR) is 89.3 cm³/mol. The van der Waals surface area contributed by atoms with Crippen molar-refractivity contribution in [1.29, 1.82) is 0 Å². The Morgan fingerprint density at radius 1 is 1.29 bits per heavy atom. The standard InChI is InChI=1S/C16H18BrClN2O/c1-20(11-12-4-7-19-8-5-12)9-6-16(21)14-3-2-13(17)10-15(14)18/h2-5,7-8,10,16,21H,6,9,11H2,1H3. The lowest BCUT2D eigenvalue weighted by molar-refractivity contribution is 0.148. The summed E-state index contributed by atoms with van der Waals surface area (Å²) < 4.78 is 0.915. The SMILES string of the molecule is CN(CCC(O)c1ccc(Br)cc1Cl)Cc1ccncc1. The van der Waals surface area contributed by atoms with E-state index in [2.05, 4.69) is 25.8 Å². The molecule has 0 aliphatic rings. The summed E-state index contributed by atoms with van der Waals surface area (Å²) in [6.45, 7) is 1.62. The molecule has 5 heteroatoms. The molecule has 0 fully saturated rings.